The van der Waals surface area contributed by atoms with E-state index in [2.05, 4.69) is 45.3 Å². The highest BCUT2D eigenvalue weighted by Gasteiger charge is 2.47. The number of H-pyrrole nitrogens is 1. The Morgan fingerprint density at radius 3 is 2.43 bits per heavy atom. The van der Waals surface area contributed by atoms with Gasteiger partial charge in [-0.2, -0.15) is 13.6 Å². The monoisotopic (exact) mass is 1010 g/mol. The van der Waals surface area contributed by atoms with Crippen LogP contribution in [0.1, 0.15) is 39.2 Å². The first-order chi connectivity index (χ1) is 31.9. The molecule has 31 heteroatoms. The summed E-state index contributed by atoms with van der Waals surface area (Å²) in [6, 6.07) is 11.9. The van der Waals surface area contributed by atoms with E-state index in [1.807, 2.05) is 0 Å². The van der Waals surface area contributed by atoms with Gasteiger partial charge in [0.1, 0.15) is 47.6 Å². The minimum Gasteiger partial charge on any atom is -0.506 e. The Morgan fingerprint density at radius 2 is 1.71 bits per heavy atom. The van der Waals surface area contributed by atoms with Gasteiger partial charge in [0.2, 0.25) is 5.95 Å². The lowest BCUT2D eigenvalue weighted by molar-refractivity contribution is -0.0506. The van der Waals surface area contributed by atoms with E-state index in [0.29, 0.717) is 27.8 Å². The average molecular weight is 1010 g/mol. The molecule has 28 nitrogen and oxygen atoms in total. The maximum atomic E-state index is 13.2. The van der Waals surface area contributed by atoms with E-state index in [1.54, 1.807) is 18.2 Å². The second-order valence-electron chi connectivity index (χ2n) is 14.5. The number of aromatic carboxylic acids is 1. The minimum absolute atomic E-state index is 0.00783. The van der Waals surface area contributed by atoms with Crippen molar-refractivity contribution in [3.8, 4) is 40.0 Å². The summed E-state index contributed by atoms with van der Waals surface area (Å²) in [7, 11) is -17.2. The van der Waals surface area contributed by atoms with Gasteiger partial charge in [-0.3, -0.25) is 23.7 Å². The highest BCUT2D eigenvalue weighted by molar-refractivity contribution is 7.66. The Bertz CT molecular complexity index is 3290. The van der Waals surface area contributed by atoms with Gasteiger partial charge in [0.15, 0.2) is 23.2 Å². The number of nitrogens with one attached hydrogen (secondary N) is 3. The number of aromatic amines is 1. The third-order valence-corrected chi connectivity index (χ3v) is 13.6. The van der Waals surface area contributed by atoms with E-state index in [1.165, 1.54) is 30.3 Å². The molecule has 4 heterocycles. The fourth-order valence-electron chi connectivity index (χ4n) is 6.99. The number of aliphatic hydroxyl groups excluding tert-OH is 2. The molecule has 6 atom stereocenters. The third-order valence-electron chi connectivity index (χ3n) is 9.76. The van der Waals surface area contributed by atoms with Crippen LogP contribution in [-0.2, 0) is 36.3 Å². The predicted octanol–water partition coefficient (Wildman–Crippen LogP) is 0.836. The van der Waals surface area contributed by atoms with Crippen molar-refractivity contribution in [3.63, 3.8) is 0 Å². The fourth-order valence-corrected chi connectivity index (χ4v) is 10.0. The van der Waals surface area contributed by atoms with Crippen molar-refractivity contribution in [2.24, 2.45) is 0 Å². The number of anilines is 2. The number of aromatic nitrogens is 4. The van der Waals surface area contributed by atoms with Crippen LogP contribution in [0.25, 0.3) is 44.6 Å². The van der Waals surface area contributed by atoms with Crippen LogP contribution in [0.5, 0.6) is 5.75 Å². The number of aliphatic hydroxyl groups is 2. The molecule has 0 spiro atoms. The highest BCUT2D eigenvalue weighted by Crippen LogP contribution is 2.66. The number of imidazole rings is 1. The molecule has 1 saturated heterocycles. The minimum atomic E-state index is -5.88. The molecule has 15 N–H and O–H groups in total. The standard InChI is InChI=1S/C37H37N8O20P3/c38-16-4-6-18-22(13-16)62-23-14-17(39)5-7-19(23)26(18)20-8-9-21(29(46)27(20)36(51)52)33(49)41-10-2-12-60-11-1-3-25-42-28-32(43-37(40)44-34(28)50)45(25)35-31(48)30(47)24(63-35)15-61-67(56,57)65-68(58,59)64-66(53,54)55/h4-9,13-14,24,30-31,35,38,46-48H,2,10-12,15,39H2,(H,41,49)(H,51,52)(H,56,57)(H,58,59)(H2,53,54,55)(H3,40,43,44,50)/t24-,30-,31-,35-/m1/s1. The summed E-state index contributed by atoms with van der Waals surface area (Å²) in [6.07, 6.45) is -7.12. The molecule has 2 aromatic carbocycles. The number of carbonyl (C=O) groups excluding carboxylic acids is 1. The number of rotatable bonds is 16. The summed E-state index contributed by atoms with van der Waals surface area (Å²) in [5, 5.41) is 54.4. The van der Waals surface area contributed by atoms with Gasteiger partial charge >= 0.3 is 29.4 Å². The van der Waals surface area contributed by atoms with E-state index in [9.17, 15) is 58.3 Å². The molecule has 2 aliphatic heterocycles. The van der Waals surface area contributed by atoms with E-state index in [0.717, 1.165) is 4.57 Å². The maximum Gasteiger partial charge on any atom is 0.490 e. The summed E-state index contributed by atoms with van der Waals surface area (Å²) in [5.74, 6) is 1.64. The molecule has 0 radical (unpaired) electrons. The zero-order valence-electron chi connectivity index (χ0n) is 34.3. The molecule has 3 aliphatic rings. The molecule has 68 heavy (non-hydrogen) atoms. The van der Waals surface area contributed by atoms with Gasteiger partial charge in [-0.15, -0.1) is 0 Å². The number of carboxylic acids is 1. The summed E-state index contributed by atoms with van der Waals surface area (Å²) >= 11 is 0. The van der Waals surface area contributed by atoms with Crippen molar-refractivity contribution in [3.05, 3.63) is 81.2 Å². The van der Waals surface area contributed by atoms with Crippen molar-refractivity contribution in [1.82, 2.24) is 24.8 Å². The first-order valence-electron chi connectivity index (χ1n) is 19.3. The van der Waals surface area contributed by atoms with Gasteiger partial charge in [0.05, 0.1) is 17.5 Å². The predicted molar refractivity (Wildman–Crippen MR) is 230 cm³/mol. The number of phosphoric ester groups is 1. The fraction of sp³-hybridized carbons (Fsp3) is 0.243. The van der Waals surface area contributed by atoms with Crippen LogP contribution in [0.2, 0.25) is 0 Å². The number of benzene rings is 3. The number of nitrogens with zero attached hydrogens (tertiary/aromatic N) is 3. The quantitative estimate of drug-likeness (QED) is 0.0210. The number of carboxylic acid groups (broad SMARTS) is 1. The maximum absolute atomic E-state index is 13.2. The molecule has 0 saturated carbocycles. The number of amides is 1. The Hall–Kier alpha value is -6.37. The van der Waals surface area contributed by atoms with Crippen LogP contribution < -0.4 is 27.7 Å². The Labute approximate surface area is 379 Å². The Kier molecular flexibility index (Phi) is 14.1. The number of nitrogens with two attached hydrogens (primary N) is 2. The summed E-state index contributed by atoms with van der Waals surface area (Å²) in [5.41, 5.74) is 10.8. The van der Waals surface area contributed by atoms with Gasteiger partial charge < -0.3 is 76.1 Å². The third kappa shape index (κ3) is 10.8. The van der Waals surface area contributed by atoms with E-state index in [-0.39, 0.29) is 65.4 Å². The van der Waals surface area contributed by atoms with Crippen LogP contribution in [0.15, 0.2) is 57.7 Å². The lowest BCUT2D eigenvalue weighted by Crippen LogP contribution is -2.33. The molecule has 2 unspecified atom stereocenters. The van der Waals surface area contributed by atoms with Crippen LogP contribution in [0, 0.1) is 17.3 Å². The largest absolute Gasteiger partial charge is 0.506 e. The molecule has 360 valence electrons. The molecule has 1 fully saturated rings. The number of carbonyl (C=O) groups is 2. The SMILES string of the molecule is N=c1ccc2c(-c3ccc(C(=O)NCCCOCC#Cc4nc5c(=O)[nH]c(N)nc5n4[C@@H]4O[C@H](COP(=O)(O)OP(=O)(O)OP(=O)(O)O)[C@@H](O)[C@H]4O)c(O)c3C(=O)O)c3ccc(N)cc3oc-2c1. The number of fused-ring (bicyclic) bond motifs is 3. The molecule has 2 aromatic heterocycles. The molecule has 7 rings (SSSR count). The van der Waals surface area contributed by atoms with Crippen molar-refractivity contribution in [1.29, 1.82) is 5.41 Å². The van der Waals surface area contributed by atoms with Crippen molar-refractivity contribution >= 4 is 69.1 Å². The van der Waals surface area contributed by atoms with Gasteiger partial charge in [-0.1, -0.05) is 12.0 Å². The molecular formula is C37H37N8O20P3. The lowest BCUT2D eigenvalue weighted by Gasteiger charge is -2.19. The first kappa shape index (κ1) is 49.5. The lowest BCUT2D eigenvalue weighted by atomic mass is 9.89. The summed E-state index contributed by atoms with van der Waals surface area (Å²) in [6.45, 7) is -1.47. The normalized spacial score (nSPS) is 19.1. The summed E-state index contributed by atoms with van der Waals surface area (Å²) in [4.78, 5) is 85.6. The second kappa shape index (κ2) is 19.3. The number of ether oxygens (including phenoxy) is 2. The Morgan fingerprint density at radius 1 is 0.971 bits per heavy atom. The second-order valence-corrected chi connectivity index (χ2v) is 18.9. The van der Waals surface area contributed by atoms with Gasteiger partial charge in [0, 0.05) is 53.0 Å². The topological polar surface area (TPSA) is 458 Å². The average Bonchev–Trinajstić information content (AvgIpc) is 3.72. The Balaban J connectivity index is 1.000. The number of aromatic hydroxyl groups is 1. The number of phenols is 1. The summed E-state index contributed by atoms with van der Waals surface area (Å²) < 4.78 is 64.7. The number of nitrogen functional groups attached to an aromatic ring is 2. The number of phosphoric acid groups is 3. The van der Waals surface area contributed by atoms with Crippen molar-refractivity contribution < 1.29 is 90.3 Å². The van der Waals surface area contributed by atoms with Crippen LogP contribution in [-0.4, -0.2) is 116 Å². The first-order valence-corrected chi connectivity index (χ1v) is 23.8. The van der Waals surface area contributed by atoms with Crippen molar-refractivity contribution in [2.75, 3.05) is 37.8 Å². The van der Waals surface area contributed by atoms with Crippen LogP contribution >= 0.6 is 23.5 Å². The van der Waals surface area contributed by atoms with E-state index < -0.39 is 89.3 Å². The van der Waals surface area contributed by atoms with Crippen molar-refractivity contribution in [2.45, 2.75) is 31.0 Å². The van der Waals surface area contributed by atoms with E-state index >= 15 is 0 Å². The van der Waals surface area contributed by atoms with Crippen LogP contribution in [0.3, 0.4) is 0 Å². The smallest absolute Gasteiger partial charge is 0.490 e. The molecule has 1 amide bonds. The highest BCUT2D eigenvalue weighted by atomic mass is 31.3. The number of hydrogen-bond donors (Lipinski definition) is 13. The molecule has 1 aliphatic carbocycles. The van der Waals surface area contributed by atoms with Gasteiger partial charge in [-0.05, 0) is 42.7 Å². The molecule has 4 aromatic rings. The van der Waals surface area contributed by atoms with E-state index in [4.69, 9.17) is 40.6 Å². The molecule has 0 bridgehead atoms. The zero-order chi connectivity index (χ0) is 49.5. The van der Waals surface area contributed by atoms with Crippen LogP contribution in [0.4, 0.5) is 11.6 Å². The zero-order valence-corrected chi connectivity index (χ0v) is 37.0. The van der Waals surface area contributed by atoms with Gasteiger partial charge in [0.25, 0.3) is 11.5 Å². The number of hydrogen-bond acceptors (Lipinski definition) is 20. The van der Waals surface area contributed by atoms with Gasteiger partial charge in [-0.25, -0.2) is 23.5 Å². The molecular weight excluding hydrogens is 969 g/mol.